The zero-order valence-corrected chi connectivity index (χ0v) is 22.3. The van der Waals surface area contributed by atoms with E-state index < -0.39 is 28.5 Å². The van der Waals surface area contributed by atoms with E-state index in [1.54, 1.807) is 19.2 Å². The van der Waals surface area contributed by atoms with Gasteiger partial charge < -0.3 is 15.0 Å². The third-order valence-electron chi connectivity index (χ3n) is 5.82. The lowest BCUT2D eigenvalue weighted by atomic mass is 10.1. The molecule has 0 fully saturated rings. The van der Waals surface area contributed by atoms with Gasteiger partial charge in [0.25, 0.3) is 0 Å². The highest BCUT2D eigenvalue weighted by atomic mass is 32.2. The predicted octanol–water partition coefficient (Wildman–Crippen LogP) is 3.41. The van der Waals surface area contributed by atoms with Crippen molar-refractivity contribution < 1.29 is 22.7 Å². The first-order valence-corrected chi connectivity index (χ1v) is 13.6. The van der Waals surface area contributed by atoms with Crippen LogP contribution >= 0.6 is 0 Å². The number of aryl methyl sites for hydroxylation is 2. The van der Waals surface area contributed by atoms with Crippen LogP contribution in [0.2, 0.25) is 0 Å². The monoisotopic (exact) mass is 503 g/mol. The average molecular weight is 504 g/mol. The van der Waals surface area contributed by atoms with Gasteiger partial charge in [0.05, 0.1) is 19.1 Å². The molecule has 0 aliphatic heterocycles. The van der Waals surface area contributed by atoms with Crippen LogP contribution in [0.15, 0.2) is 42.5 Å². The lowest BCUT2D eigenvalue weighted by Crippen LogP contribution is -2.52. The molecule has 2 aromatic rings. The zero-order chi connectivity index (χ0) is 26.2. The first-order chi connectivity index (χ1) is 16.5. The molecule has 192 valence electrons. The molecule has 0 unspecified atom stereocenters. The molecular formula is C26H37N3O5S. The fraction of sp³-hybridized carbons (Fsp3) is 0.462. The van der Waals surface area contributed by atoms with E-state index >= 15 is 0 Å². The minimum Gasteiger partial charge on any atom is -0.497 e. The van der Waals surface area contributed by atoms with Crippen molar-refractivity contribution >= 4 is 27.5 Å². The summed E-state index contributed by atoms with van der Waals surface area (Å²) >= 11 is 0. The highest BCUT2D eigenvalue weighted by molar-refractivity contribution is 7.92. The molecule has 0 saturated heterocycles. The summed E-state index contributed by atoms with van der Waals surface area (Å²) in [5, 5.41) is 2.87. The Balaban J connectivity index is 2.47. The van der Waals surface area contributed by atoms with E-state index in [4.69, 9.17) is 4.74 Å². The SMILES string of the molecule is CCCNC(=O)[C@H](CC)N(Cc1ccc(OC)cc1)C(=O)CN(c1c(C)cccc1C)S(C)(=O)=O. The largest absolute Gasteiger partial charge is 0.497 e. The van der Waals surface area contributed by atoms with Gasteiger partial charge in [-0.3, -0.25) is 13.9 Å². The molecule has 1 N–H and O–H groups in total. The lowest BCUT2D eigenvalue weighted by Gasteiger charge is -2.33. The molecule has 0 aromatic heterocycles. The summed E-state index contributed by atoms with van der Waals surface area (Å²) in [4.78, 5) is 28.2. The number of nitrogens with one attached hydrogen (secondary N) is 1. The third-order valence-corrected chi connectivity index (χ3v) is 6.93. The van der Waals surface area contributed by atoms with Gasteiger partial charge in [-0.15, -0.1) is 0 Å². The fourth-order valence-electron chi connectivity index (χ4n) is 3.99. The fourth-order valence-corrected chi connectivity index (χ4v) is 4.95. The van der Waals surface area contributed by atoms with Crippen LogP contribution in [0.3, 0.4) is 0 Å². The summed E-state index contributed by atoms with van der Waals surface area (Å²) in [6.07, 6.45) is 2.24. The highest BCUT2D eigenvalue weighted by Gasteiger charge is 2.32. The Morgan fingerprint density at radius 2 is 1.63 bits per heavy atom. The van der Waals surface area contributed by atoms with E-state index in [-0.39, 0.29) is 12.5 Å². The molecule has 0 saturated carbocycles. The number of carbonyl (C=O) groups excluding carboxylic acids is 2. The molecule has 1 atom stereocenters. The number of rotatable bonds is 12. The van der Waals surface area contributed by atoms with Crippen LogP contribution in [-0.2, 0) is 26.2 Å². The van der Waals surface area contributed by atoms with E-state index in [1.165, 1.54) is 4.90 Å². The molecule has 0 radical (unpaired) electrons. The normalized spacial score (nSPS) is 12.1. The maximum atomic E-state index is 13.7. The second kappa shape index (κ2) is 12.6. The topological polar surface area (TPSA) is 96.0 Å². The summed E-state index contributed by atoms with van der Waals surface area (Å²) in [7, 11) is -2.20. The summed E-state index contributed by atoms with van der Waals surface area (Å²) in [5.41, 5.74) is 2.78. The minimum atomic E-state index is -3.77. The maximum absolute atomic E-state index is 13.7. The molecule has 2 amide bonds. The number of hydrogen-bond donors (Lipinski definition) is 1. The molecule has 35 heavy (non-hydrogen) atoms. The van der Waals surface area contributed by atoms with Gasteiger partial charge in [-0.05, 0) is 55.5 Å². The van der Waals surface area contributed by atoms with Crippen molar-refractivity contribution in [2.45, 2.75) is 53.1 Å². The van der Waals surface area contributed by atoms with E-state index in [1.807, 2.05) is 58.0 Å². The first kappa shape index (κ1) is 28.2. The Labute approximate surface area is 209 Å². The quantitative estimate of drug-likeness (QED) is 0.479. The number of nitrogens with zero attached hydrogens (tertiary/aromatic N) is 2. The van der Waals surface area contributed by atoms with Crippen molar-refractivity contribution in [1.29, 1.82) is 0 Å². The molecule has 0 aliphatic carbocycles. The van der Waals surface area contributed by atoms with E-state index in [0.29, 0.717) is 24.4 Å². The molecule has 8 nitrogen and oxygen atoms in total. The van der Waals surface area contributed by atoms with Crippen LogP contribution in [0, 0.1) is 13.8 Å². The van der Waals surface area contributed by atoms with Crippen LogP contribution in [0.1, 0.15) is 43.4 Å². The highest BCUT2D eigenvalue weighted by Crippen LogP contribution is 2.27. The molecule has 0 heterocycles. The Morgan fingerprint density at radius 3 is 2.11 bits per heavy atom. The van der Waals surface area contributed by atoms with Crippen LogP contribution in [0.4, 0.5) is 5.69 Å². The number of anilines is 1. The molecule has 0 spiro atoms. The van der Waals surface area contributed by atoms with Crippen LogP contribution in [-0.4, -0.2) is 57.6 Å². The summed E-state index contributed by atoms with van der Waals surface area (Å²) in [6.45, 7) is 7.67. The van der Waals surface area contributed by atoms with Crippen molar-refractivity contribution in [2.24, 2.45) is 0 Å². The summed E-state index contributed by atoms with van der Waals surface area (Å²) in [6, 6.07) is 12.0. The van der Waals surface area contributed by atoms with Crippen molar-refractivity contribution in [1.82, 2.24) is 10.2 Å². The van der Waals surface area contributed by atoms with E-state index in [0.717, 1.165) is 33.7 Å². The first-order valence-electron chi connectivity index (χ1n) is 11.8. The van der Waals surface area contributed by atoms with Gasteiger partial charge in [0, 0.05) is 13.1 Å². The van der Waals surface area contributed by atoms with Gasteiger partial charge in [-0.25, -0.2) is 8.42 Å². The predicted molar refractivity (Wildman–Crippen MR) is 139 cm³/mol. The molecule has 2 rings (SSSR count). The minimum absolute atomic E-state index is 0.158. The van der Waals surface area contributed by atoms with Gasteiger partial charge in [0.1, 0.15) is 18.3 Å². The van der Waals surface area contributed by atoms with Crippen molar-refractivity contribution in [2.75, 3.05) is 30.8 Å². The standard InChI is InChI=1S/C26H37N3O5S/c1-7-16-27-26(31)23(8-2)28(17-21-12-14-22(34-5)15-13-21)24(30)18-29(35(6,32)33)25-19(3)10-9-11-20(25)4/h9-15,23H,7-8,16-18H2,1-6H3,(H,27,31)/t23-/m0/s1. The Morgan fingerprint density at radius 1 is 1.03 bits per heavy atom. The van der Waals surface area contributed by atoms with E-state index in [9.17, 15) is 18.0 Å². The Bertz CT molecular complexity index is 1100. The smallest absolute Gasteiger partial charge is 0.244 e. The van der Waals surface area contributed by atoms with E-state index in [2.05, 4.69) is 5.32 Å². The van der Waals surface area contributed by atoms with Crippen molar-refractivity contribution in [3.05, 3.63) is 59.2 Å². The zero-order valence-electron chi connectivity index (χ0n) is 21.5. The molecular weight excluding hydrogens is 466 g/mol. The van der Waals surface area contributed by atoms with Gasteiger partial charge in [0.2, 0.25) is 21.8 Å². The summed E-state index contributed by atoms with van der Waals surface area (Å²) < 4.78 is 32.0. The number of hydrogen-bond acceptors (Lipinski definition) is 5. The molecule has 2 aromatic carbocycles. The number of amides is 2. The van der Waals surface area contributed by atoms with Crippen molar-refractivity contribution in [3.63, 3.8) is 0 Å². The average Bonchev–Trinajstić information content (AvgIpc) is 2.81. The number of para-hydroxylation sites is 1. The third kappa shape index (κ3) is 7.45. The van der Waals surface area contributed by atoms with Gasteiger partial charge >= 0.3 is 0 Å². The second-order valence-electron chi connectivity index (χ2n) is 8.59. The number of carbonyl (C=O) groups is 2. The number of sulfonamides is 1. The summed E-state index contributed by atoms with van der Waals surface area (Å²) in [5.74, 6) is -0.0285. The Kier molecular flexibility index (Phi) is 10.1. The maximum Gasteiger partial charge on any atom is 0.244 e. The number of benzene rings is 2. The van der Waals surface area contributed by atoms with Gasteiger partial charge in [-0.2, -0.15) is 0 Å². The van der Waals surface area contributed by atoms with Crippen LogP contribution in [0.5, 0.6) is 5.75 Å². The number of methoxy groups -OCH3 is 1. The van der Waals surface area contributed by atoms with Gasteiger partial charge in [-0.1, -0.05) is 44.2 Å². The molecule has 9 heteroatoms. The lowest BCUT2D eigenvalue weighted by molar-refractivity contribution is -0.140. The Hall–Kier alpha value is -3.07. The van der Waals surface area contributed by atoms with Gasteiger partial charge in [0.15, 0.2) is 0 Å². The van der Waals surface area contributed by atoms with Crippen molar-refractivity contribution in [3.8, 4) is 5.75 Å². The second-order valence-corrected chi connectivity index (χ2v) is 10.5. The number of ether oxygens (including phenoxy) is 1. The van der Waals surface area contributed by atoms with Crippen LogP contribution < -0.4 is 14.4 Å². The molecule has 0 bridgehead atoms. The van der Waals surface area contributed by atoms with Crippen LogP contribution in [0.25, 0.3) is 0 Å². The molecule has 0 aliphatic rings.